The van der Waals surface area contributed by atoms with Crippen molar-refractivity contribution in [2.75, 3.05) is 11.5 Å². The van der Waals surface area contributed by atoms with Crippen molar-refractivity contribution >= 4 is 29.4 Å². The van der Waals surface area contributed by atoms with Crippen LogP contribution < -0.4 is 16.4 Å². The molecule has 1 aliphatic rings. The van der Waals surface area contributed by atoms with Crippen LogP contribution in [0.1, 0.15) is 19.4 Å². The highest BCUT2D eigenvalue weighted by molar-refractivity contribution is 8.01. The number of nitrogen functional groups attached to an aromatic ring is 1. The van der Waals surface area contributed by atoms with Crippen LogP contribution in [0.2, 0.25) is 0 Å². The van der Waals surface area contributed by atoms with Gasteiger partial charge in [0.05, 0.1) is 4.75 Å². The summed E-state index contributed by atoms with van der Waals surface area (Å²) in [5.74, 6) is 0.642. The van der Waals surface area contributed by atoms with E-state index in [9.17, 15) is 9.59 Å². The third-order valence-corrected chi connectivity index (χ3v) is 4.57. The Morgan fingerprint density at radius 2 is 2.40 bits per heavy atom. The van der Waals surface area contributed by atoms with E-state index in [1.807, 2.05) is 13.8 Å². The molecule has 2 amide bonds. The molecule has 1 aromatic heterocycles. The van der Waals surface area contributed by atoms with E-state index in [-0.39, 0.29) is 11.8 Å². The molecule has 6 nitrogen and oxygen atoms in total. The Morgan fingerprint density at radius 3 is 3.05 bits per heavy atom. The standard InChI is InChI=1S/C13H18N4O2S/c1-13(2)12(19)17-9(7-20-13)11(18)16-6-8-4-3-5-15-10(8)14/h3-5,9H,6-7H2,1-2H3,(H2,14,15)(H,16,18)(H,17,19)/t9-/m0/s1. The molecule has 1 saturated heterocycles. The van der Waals surface area contributed by atoms with Crippen molar-refractivity contribution in [3.05, 3.63) is 23.9 Å². The fourth-order valence-corrected chi connectivity index (χ4v) is 2.79. The average Bonchev–Trinajstić information content (AvgIpc) is 2.40. The van der Waals surface area contributed by atoms with Gasteiger partial charge in [-0.15, -0.1) is 11.8 Å². The van der Waals surface area contributed by atoms with Crippen LogP contribution in [0.3, 0.4) is 0 Å². The molecule has 0 aromatic carbocycles. The molecule has 0 unspecified atom stereocenters. The first-order valence-electron chi connectivity index (χ1n) is 6.32. The van der Waals surface area contributed by atoms with Crippen LogP contribution in [-0.4, -0.2) is 33.3 Å². The molecule has 20 heavy (non-hydrogen) atoms. The highest BCUT2D eigenvalue weighted by atomic mass is 32.2. The van der Waals surface area contributed by atoms with Crippen LogP contribution in [0.15, 0.2) is 18.3 Å². The molecule has 1 fully saturated rings. The number of carbonyl (C=O) groups excluding carboxylic acids is 2. The third kappa shape index (κ3) is 3.22. The Hall–Kier alpha value is -1.76. The van der Waals surface area contributed by atoms with Crippen molar-refractivity contribution in [2.24, 2.45) is 0 Å². The normalized spacial score (nSPS) is 21.1. The number of nitrogens with one attached hydrogen (secondary N) is 2. The molecule has 4 N–H and O–H groups in total. The topological polar surface area (TPSA) is 97.1 Å². The maximum atomic E-state index is 12.0. The maximum absolute atomic E-state index is 12.0. The molecular formula is C13H18N4O2S. The Bertz CT molecular complexity index is 533. The SMILES string of the molecule is CC1(C)SC[C@@H](C(=O)NCc2cccnc2N)NC1=O. The van der Waals surface area contributed by atoms with E-state index in [2.05, 4.69) is 15.6 Å². The first kappa shape index (κ1) is 14.6. The van der Waals surface area contributed by atoms with Gasteiger partial charge in [-0.3, -0.25) is 9.59 Å². The smallest absolute Gasteiger partial charge is 0.243 e. The minimum atomic E-state index is -0.501. The minimum Gasteiger partial charge on any atom is -0.383 e. The van der Waals surface area contributed by atoms with Gasteiger partial charge in [-0.25, -0.2) is 4.98 Å². The van der Waals surface area contributed by atoms with E-state index in [4.69, 9.17) is 5.73 Å². The van der Waals surface area contributed by atoms with Gasteiger partial charge in [0, 0.05) is 24.1 Å². The Labute approximate surface area is 121 Å². The quantitative estimate of drug-likeness (QED) is 0.744. The maximum Gasteiger partial charge on any atom is 0.243 e. The molecule has 2 heterocycles. The summed E-state index contributed by atoms with van der Waals surface area (Å²) in [5, 5.41) is 5.51. The lowest BCUT2D eigenvalue weighted by Crippen LogP contribution is -2.57. The van der Waals surface area contributed by atoms with Crippen LogP contribution in [0.4, 0.5) is 5.82 Å². The van der Waals surface area contributed by atoms with E-state index in [1.54, 1.807) is 18.3 Å². The number of rotatable bonds is 3. The summed E-state index contributed by atoms with van der Waals surface area (Å²) in [6.45, 7) is 3.99. The number of nitrogens with zero attached hydrogens (tertiary/aromatic N) is 1. The highest BCUT2D eigenvalue weighted by Crippen LogP contribution is 2.28. The lowest BCUT2D eigenvalue weighted by molar-refractivity contribution is -0.129. The van der Waals surface area contributed by atoms with Crippen molar-refractivity contribution in [3.8, 4) is 0 Å². The molecule has 0 aliphatic carbocycles. The Kier molecular flexibility index (Phi) is 4.17. The molecule has 0 spiro atoms. The number of anilines is 1. The van der Waals surface area contributed by atoms with Crippen LogP contribution in [0, 0.1) is 0 Å². The molecule has 108 valence electrons. The van der Waals surface area contributed by atoms with Gasteiger partial charge < -0.3 is 16.4 Å². The highest BCUT2D eigenvalue weighted by Gasteiger charge is 2.37. The lowest BCUT2D eigenvalue weighted by atomic mass is 10.1. The molecule has 1 atom stereocenters. The van der Waals surface area contributed by atoms with Crippen molar-refractivity contribution in [3.63, 3.8) is 0 Å². The number of aromatic nitrogens is 1. The average molecular weight is 294 g/mol. The van der Waals surface area contributed by atoms with Crippen molar-refractivity contribution in [1.29, 1.82) is 0 Å². The van der Waals surface area contributed by atoms with Crippen molar-refractivity contribution < 1.29 is 9.59 Å². The van der Waals surface area contributed by atoms with Gasteiger partial charge in [-0.2, -0.15) is 0 Å². The lowest BCUT2D eigenvalue weighted by Gasteiger charge is -2.32. The van der Waals surface area contributed by atoms with Gasteiger partial charge in [0.25, 0.3) is 0 Å². The summed E-state index contributed by atoms with van der Waals surface area (Å²) in [7, 11) is 0. The molecule has 7 heteroatoms. The van der Waals surface area contributed by atoms with E-state index in [0.717, 1.165) is 5.56 Å². The third-order valence-electron chi connectivity index (χ3n) is 3.16. The first-order valence-corrected chi connectivity index (χ1v) is 7.31. The molecule has 1 aromatic rings. The number of hydrogen-bond donors (Lipinski definition) is 3. The number of pyridine rings is 1. The van der Waals surface area contributed by atoms with Gasteiger partial charge in [0.2, 0.25) is 11.8 Å². The number of nitrogens with two attached hydrogens (primary N) is 1. The Balaban J connectivity index is 1.90. The molecule has 0 bridgehead atoms. The van der Waals surface area contributed by atoms with Crippen molar-refractivity contribution in [2.45, 2.75) is 31.2 Å². The van der Waals surface area contributed by atoms with Gasteiger partial charge >= 0.3 is 0 Å². The summed E-state index contributed by atoms with van der Waals surface area (Å²) >= 11 is 1.48. The summed E-state index contributed by atoms with van der Waals surface area (Å²) in [4.78, 5) is 27.8. The summed E-state index contributed by atoms with van der Waals surface area (Å²) in [5.41, 5.74) is 6.47. The second-order valence-electron chi connectivity index (χ2n) is 5.11. The zero-order valence-electron chi connectivity index (χ0n) is 11.5. The summed E-state index contributed by atoms with van der Waals surface area (Å²) in [6.07, 6.45) is 1.60. The zero-order chi connectivity index (χ0) is 14.8. The van der Waals surface area contributed by atoms with E-state index < -0.39 is 10.8 Å². The second-order valence-corrected chi connectivity index (χ2v) is 6.76. The molecule has 1 aliphatic heterocycles. The monoisotopic (exact) mass is 294 g/mol. The molecule has 0 saturated carbocycles. The van der Waals surface area contributed by atoms with E-state index in [0.29, 0.717) is 18.1 Å². The van der Waals surface area contributed by atoms with Gasteiger partial charge in [0.1, 0.15) is 11.9 Å². The second kappa shape index (κ2) is 5.70. The van der Waals surface area contributed by atoms with Gasteiger partial charge in [0.15, 0.2) is 0 Å². The van der Waals surface area contributed by atoms with E-state index in [1.165, 1.54) is 11.8 Å². The van der Waals surface area contributed by atoms with E-state index >= 15 is 0 Å². The number of amides is 2. The Morgan fingerprint density at radius 1 is 1.65 bits per heavy atom. The van der Waals surface area contributed by atoms with Crippen LogP contribution in [-0.2, 0) is 16.1 Å². The predicted octanol–water partition coefficient (Wildman–Crippen LogP) is 0.290. The summed E-state index contributed by atoms with van der Waals surface area (Å²) < 4.78 is -0.482. The fraction of sp³-hybridized carbons (Fsp3) is 0.462. The predicted molar refractivity (Wildman–Crippen MR) is 79.0 cm³/mol. The van der Waals surface area contributed by atoms with Crippen LogP contribution >= 0.6 is 11.8 Å². The molecule has 2 rings (SSSR count). The fourth-order valence-electron chi connectivity index (χ4n) is 1.78. The van der Waals surface area contributed by atoms with Gasteiger partial charge in [-0.05, 0) is 19.9 Å². The number of thioether (sulfide) groups is 1. The van der Waals surface area contributed by atoms with Crippen LogP contribution in [0.5, 0.6) is 0 Å². The molecular weight excluding hydrogens is 276 g/mol. The summed E-state index contributed by atoms with van der Waals surface area (Å²) in [6, 6.07) is 3.07. The van der Waals surface area contributed by atoms with Gasteiger partial charge in [-0.1, -0.05) is 6.07 Å². The van der Waals surface area contributed by atoms with Crippen LogP contribution in [0.25, 0.3) is 0 Å². The number of hydrogen-bond acceptors (Lipinski definition) is 5. The number of carbonyl (C=O) groups is 2. The minimum absolute atomic E-state index is 0.116. The largest absolute Gasteiger partial charge is 0.383 e. The zero-order valence-corrected chi connectivity index (χ0v) is 12.3. The first-order chi connectivity index (χ1) is 9.40. The van der Waals surface area contributed by atoms with Crippen molar-refractivity contribution in [1.82, 2.24) is 15.6 Å². The molecule has 0 radical (unpaired) electrons.